The predicted octanol–water partition coefficient (Wildman–Crippen LogP) is 3.45. The van der Waals surface area contributed by atoms with E-state index in [1.54, 1.807) is 29.3 Å². The van der Waals surface area contributed by atoms with Crippen molar-refractivity contribution in [2.24, 2.45) is 0 Å². The lowest BCUT2D eigenvalue weighted by Crippen LogP contribution is -2.37. The Morgan fingerprint density at radius 1 is 1.25 bits per heavy atom. The van der Waals surface area contributed by atoms with Crippen molar-refractivity contribution in [3.63, 3.8) is 0 Å². The second-order valence-corrected chi connectivity index (χ2v) is 6.83. The van der Waals surface area contributed by atoms with Crippen LogP contribution in [0.2, 0.25) is 10.0 Å². The summed E-state index contributed by atoms with van der Waals surface area (Å²) in [7, 11) is 0. The summed E-state index contributed by atoms with van der Waals surface area (Å²) in [5.74, 6) is -0.0716. The third-order valence-electron chi connectivity index (χ3n) is 4.28. The van der Waals surface area contributed by atoms with Crippen LogP contribution in [-0.2, 0) is 6.54 Å². The first-order valence-electron chi connectivity index (χ1n) is 8.08. The van der Waals surface area contributed by atoms with E-state index in [1.807, 2.05) is 6.07 Å². The zero-order chi connectivity index (χ0) is 16.9. The highest BCUT2D eigenvalue weighted by Gasteiger charge is 2.20. The van der Waals surface area contributed by atoms with Gasteiger partial charge in [0.05, 0.1) is 0 Å². The van der Waals surface area contributed by atoms with E-state index in [0.29, 0.717) is 28.8 Å². The summed E-state index contributed by atoms with van der Waals surface area (Å²) in [6, 6.07) is 7.06. The number of nitrogens with one attached hydrogen (secondary N) is 1. The van der Waals surface area contributed by atoms with Crippen LogP contribution in [0, 0.1) is 0 Å². The quantitative estimate of drug-likeness (QED) is 0.851. The van der Waals surface area contributed by atoms with Crippen LogP contribution in [0.25, 0.3) is 0 Å². The number of carbonyl (C=O) groups is 1. The van der Waals surface area contributed by atoms with Crippen LogP contribution in [0.15, 0.2) is 30.5 Å². The molecule has 0 atom stereocenters. The minimum atomic E-state index is -0.0716. The van der Waals surface area contributed by atoms with E-state index >= 15 is 0 Å². The average molecular weight is 367 g/mol. The first-order valence-corrected chi connectivity index (χ1v) is 8.84. The number of aromatic nitrogens is 2. The maximum atomic E-state index is 12.8. The van der Waals surface area contributed by atoms with Crippen LogP contribution in [0.1, 0.15) is 28.9 Å². The summed E-state index contributed by atoms with van der Waals surface area (Å²) in [5.41, 5.74) is 1.37. The molecule has 0 unspecified atom stereocenters. The van der Waals surface area contributed by atoms with Gasteiger partial charge in [0.2, 0.25) is 0 Å². The van der Waals surface area contributed by atoms with Gasteiger partial charge in [-0.3, -0.25) is 9.89 Å². The van der Waals surface area contributed by atoms with Gasteiger partial charge in [0.25, 0.3) is 5.91 Å². The molecule has 0 spiro atoms. The van der Waals surface area contributed by atoms with Crippen LogP contribution < -0.4 is 0 Å². The fourth-order valence-corrected chi connectivity index (χ4v) is 3.39. The Balaban J connectivity index is 1.74. The molecule has 1 aromatic carbocycles. The molecule has 2 aromatic rings. The molecule has 24 heavy (non-hydrogen) atoms. The van der Waals surface area contributed by atoms with Crippen molar-refractivity contribution >= 4 is 29.1 Å². The molecule has 1 aliphatic rings. The number of nitrogens with zero attached hydrogens (tertiary/aromatic N) is 3. The van der Waals surface area contributed by atoms with Crippen molar-refractivity contribution in [1.29, 1.82) is 0 Å². The van der Waals surface area contributed by atoms with Crippen molar-refractivity contribution in [3.8, 4) is 0 Å². The number of benzene rings is 1. The van der Waals surface area contributed by atoms with Gasteiger partial charge in [-0.15, -0.1) is 0 Å². The zero-order valence-electron chi connectivity index (χ0n) is 13.3. The molecule has 0 bridgehead atoms. The number of amides is 1. The number of hydrogen-bond donors (Lipinski definition) is 1. The van der Waals surface area contributed by atoms with Crippen LogP contribution >= 0.6 is 23.2 Å². The first kappa shape index (κ1) is 17.3. The van der Waals surface area contributed by atoms with Gasteiger partial charge in [-0.2, -0.15) is 5.10 Å². The summed E-state index contributed by atoms with van der Waals surface area (Å²) in [4.78, 5) is 17.0. The van der Waals surface area contributed by atoms with Crippen molar-refractivity contribution in [1.82, 2.24) is 20.0 Å². The topological polar surface area (TPSA) is 52.2 Å². The number of aromatic amines is 1. The van der Waals surface area contributed by atoms with Gasteiger partial charge in [0.1, 0.15) is 5.69 Å². The van der Waals surface area contributed by atoms with E-state index in [9.17, 15) is 4.79 Å². The van der Waals surface area contributed by atoms with Crippen molar-refractivity contribution in [3.05, 3.63) is 51.8 Å². The summed E-state index contributed by atoms with van der Waals surface area (Å²) in [6.45, 7) is 4.17. The fourth-order valence-electron chi connectivity index (χ4n) is 2.92. The van der Waals surface area contributed by atoms with E-state index in [-0.39, 0.29) is 5.91 Å². The van der Waals surface area contributed by atoms with E-state index in [2.05, 4.69) is 15.1 Å². The van der Waals surface area contributed by atoms with Crippen molar-refractivity contribution in [2.45, 2.75) is 19.4 Å². The lowest BCUT2D eigenvalue weighted by molar-refractivity contribution is 0.0721. The van der Waals surface area contributed by atoms with E-state index in [4.69, 9.17) is 23.2 Å². The summed E-state index contributed by atoms with van der Waals surface area (Å²) in [5, 5.41) is 7.78. The maximum Gasteiger partial charge on any atom is 0.272 e. The second kappa shape index (κ2) is 8.01. The fraction of sp³-hybridized carbons (Fsp3) is 0.412. The van der Waals surface area contributed by atoms with Gasteiger partial charge < -0.3 is 9.80 Å². The molecule has 0 radical (unpaired) electrons. The standard InChI is InChI=1S/C17H20Cl2N4O/c18-14-4-3-13(15(19)11-14)12-23(10-9-22-7-1-2-8-22)17(24)16-5-6-20-21-16/h3-6,11H,1-2,7-10,12H2,(H,20,21). The number of H-pyrrole nitrogens is 1. The first-order chi connectivity index (χ1) is 11.6. The predicted molar refractivity (Wildman–Crippen MR) is 95.5 cm³/mol. The molecule has 1 saturated heterocycles. The van der Waals surface area contributed by atoms with Gasteiger partial charge >= 0.3 is 0 Å². The van der Waals surface area contributed by atoms with Gasteiger partial charge in [0, 0.05) is 35.9 Å². The van der Waals surface area contributed by atoms with Gasteiger partial charge in [-0.1, -0.05) is 29.3 Å². The second-order valence-electron chi connectivity index (χ2n) is 5.98. The number of carbonyl (C=O) groups excluding carboxylic acids is 1. The normalized spacial score (nSPS) is 14.9. The summed E-state index contributed by atoms with van der Waals surface area (Å²) >= 11 is 12.2. The summed E-state index contributed by atoms with van der Waals surface area (Å²) < 4.78 is 0. The molecule has 128 valence electrons. The Bertz CT molecular complexity index is 684. The number of likely N-dealkylation sites (tertiary alicyclic amines) is 1. The highest BCUT2D eigenvalue weighted by Crippen LogP contribution is 2.23. The van der Waals surface area contributed by atoms with Gasteiger partial charge in [0.15, 0.2) is 0 Å². The highest BCUT2D eigenvalue weighted by molar-refractivity contribution is 6.35. The largest absolute Gasteiger partial charge is 0.332 e. The zero-order valence-corrected chi connectivity index (χ0v) is 14.9. The Morgan fingerprint density at radius 2 is 2.04 bits per heavy atom. The third-order valence-corrected chi connectivity index (χ3v) is 4.87. The van der Waals surface area contributed by atoms with Crippen molar-refractivity contribution in [2.75, 3.05) is 26.2 Å². The molecule has 1 aromatic heterocycles. The van der Waals surface area contributed by atoms with Crippen molar-refractivity contribution < 1.29 is 4.79 Å². The molecule has 7 heteroatoms. The van der Waals surface area contributed by atoms with Gasteiger partial charge in [-0.25, -0.2) is 0 Å². The molecule has 1 fully saturated rings. The highest BCUT2D eigenvalue weighted by atomic mass is 35.5. The van der Waals surface area contributed by atoms with Crippen LogP contribution in [0.4, 0.5) is 0 Å². The van der Waals surface area contributed by atoms with Gasteiger partial charge in [-0.05, 0) is 49.7 Å². The smallest absolute Gasteiger partial charge is 0.272 e. The molecule has 5 nitrogen and oxygen atoms in total. The minimum absolute atomic E-state index is 0.0716. The molecule has 0 saturated carbocycles. The van der Waals surface area contributed by atoms with Crippen LogP contribution in [-0.4, -0.2) is 52.1 Å². The van der Waals surface area contributed by atoms with E-state index in [1.165, 1.54) is 12.8 Å². The molecule has 1 N–H and O–H groups in total. The lowest BCUT2D eigenvalue weighted by Gasteiger charge is -2.25. The Morgan fingerprint density at radius 3 is 2.71 bits per heavy atom. The SMILES string of the molecule is O=C(c1ccn[nH]1)N(CCN1CCCC1)Cc1ccc(Cl)cc1Cl. The lowest BCUT2D eigenvalue weighted by atomic mass is 10.2. The molecular formula is C17H20Cl2N4O. The molecule has 1 amide bonds. The Kier molecular flexibility index (Phi) is 5.76. The van der Waals surface area contributed by atoms with E-state index in [0.717, 1.165) is 25.2 Å². The molecule has 1 aliphatic heterocycles. The number of rotatable bonds is 6. The Labute approximate surface area is 151 Å². The molecule has 2 heterocycles. The molecular weight excluding hydrogens is 347 g/mol. The maximum absolute atomic E-state index is 12.8. The molecule has 3 rings (SSSR count). The van der Waals surface area contributed by atoms with Crippen LogP contribution in [0.3, 0.4) is 0 Å². The molecule has 0 aliphatic carbocycles. The monoisotopic (exact) mass is 366 g/mol. The Hall–Kier alpha value is -1.56. The average Bonchev–Trinajstić information content (AvgIpc) is 3.26. The van der Waals surface area contributed by atoms with Crippen LogP contribution in [0.5, 0.6) is 0 Å². The van der Waals surface area contributed by atoms with E-state index < -0.39 is 0 Å². The third kappa shape index (κ3) is 4.29. The summed E-state index contributed by atoms with van der Waals surface area (Å²) in [6.07, 6.45) is 4.05. The minimum Gasteiger partial charge on any atom is -0.332 e. The number of halogens is 2. The number of hydrogen-bond acceptors (Lipinski definition) is 3.